The van der Waals surface area contributed by atoms with E-state index in [1.807, 2.05) is 35.4 Å². The third-order valence-corrected chi connectivity index (χ3v) is 10.5. The molecule has 13 heteroatoms. The second kappa shape index (κ2) is 11.0. The number of carbonyl (C=O) groups excluding carboxylic acids is 1. The molecule has 1 saturated heterocycles. The molecule has 1 saturated carbocycles. The number of imidazole rings is 1. The summed E-state index contributed by atoms with van der Waals surface area (Å²) in [7, 11) is -2.94. The Bertz CT molecular complexity index is 1710. The zero-order valence-electron chi connectivity index (χ0n) is 23.3. The number of aromatic nitrogens is 6. The number of hydrogen-bond donors (Lipinski definition) is 1. The third kappa shape index (κ3) is 5.44. The summed E-state index contributed by atoms with van der Waals surface area (Å²) in [5, 5.41) is 8.89. The molecule has 7 rings (SSSR count). The molecule has 5 heterocycles. The van der Waals surface area contributed by atoms with E-state index >= 15 is 0 Å². The number of nitrogens with zero attached hydrogens (tertiary/aromatic N) is 7. The molecule has 2 fully saturated rings. The van der Waals surface area contributed by atoms with E-state index in [-0.39, 0.29) is 35.3 Å². The van der Waals surface area contributed by atoms with Crippen LogP contribution in [0.25, 0.3) is 16.7 Å². The van der Waals surface area contributed by atoms with E-state index in [9.17, 15) is 13.2 Å². The molecule has 1 unspecified atom stereocenters. The van der Waals surface area contributed by atoms with Gasteiger partial charge in [-0.15, -0.1) is 0 Å². The van der Waals surface area contributed by atoms with Gasteiger partial charge >= 0.3 is 0 Å². The maximum absolute atomic E-state index is 13.2. The first-order valence-corrected chi connectivity index (χ1v) is 16.4. The summed E-state index contributed by atoms with van der Waals surface area (Å²) in [6.45, 7) is 2.49. The van der Waals surface area contributed by atoms with Crippen molar-refractivity contribution in [3.63, 3.8) is 0 Å². The molecule has 220 valence electrons. The van der Waals surface area contributed by atoms with Gasteiger partial charge in [0.15, 0.2) is 15.7 Å². The summed E-state index contributed by atoms with van der Waals surface area (Å²) in [5.41, 5.74) is 0.843. The van der Waals surface area contributed by atoms with Gasteiger partial charge in [-0.3, -0.25) is 4.79 Å². The van der Waals surface area contributed by atoms with E-state index in [0.717, 1.165) is 55.5 Å². The van der Waals surface area contributed by atoms with Crippen LogP contribution in [-0.2, 0) is 27.7 Å². The topological polar surface area (TPSA) is 137 Å². The van der Waals surface area contributed by atoms with Crippen molar-refractivity contribution in [2.75, 3.05) is 30.0 Å². The highest BCUT2D eigenvalue weighted by molar-refractivity contribution is 7.91. The van der Waals surface area contributed by atoms with Crippen molar-refractivity contribution >= 4 is 32.6 Å². The Morgan fingerprint density at radius 3 is 2.76 bits per heavy atom. The van der Waals surface area contributed by atoms with E-state index in [2.05, 4.69) is 25.0 Å². The van der Waals surface area contributed by atoms with E-state index < -0.39 is 9.84 Å². The lowest BCUT2D eigenvalue weighted by Gasteiger charge is -2.34. The van der Waals surface area contributed by atoms with Gasteiger partial charge in [-0.25, -0.2) is 23.1 Å². The van der Waals surface area contributed by atoms with E-state index in [1.165, 1.54) is 0 Å². The van der Waals surface area contributed by atoms with Crippen LogP contribution < -0.4 is 10.1 Å². The zero-order valence-corrected chi connectivity index (χ0v) is 24.1. The van der Waals surface area contributed by atoms with Gasteiger partial charge in [0.1, 0.15) is 11.6 Å². The summed E-state index contributed by atoms with van der Waals surface area (Å²) in [6, 6.07) is 7.75. The fourth-order valence-electron chi connectivity index (χ4n) is 6.37. The molecule has 0 spiro atoms. The minimum Gasteiger partial charge on any atom is -0.493 e. The fraction of sp³-hybridized carbons (Fsp3) is 0.483. The van der Waals surface area contributed by atoms with Crippen LogP contribution in [0.4, 0.5) is 5.95 Å². The smallest absolute Gasteiger partial charge is 0.226 e. The number of benzene rings is 1. The van der Waals surface area contributed by atoms with Crippen LogP contribution >= 0.6 is 0 Å². The van der Waals surface area contributed by atoms with Crippen molar-refractivity contribution < 1.29 is 17.9 Å². The van der Waals surface area contributed by atoms with Gasteiger partial charge < -0.3 is 19.5 Å². The number of nitrogens with one attached hydrogen (secondary N) is 1. The van der Waals surface area contributed by atoms with Crippen molar-refractivity contribution in [1.82, 2.24) is 34.2 Å². The average Bonchev–Trinajstić information content (AvgIpc) is 3.74. The first-order chi connectivity index (χ1) is 20.4. The van der Waals surface area contributed by atoms with Crippen molar-refractivity contribution in [2.45, 2.75) is 51.2 Å². The molecule has 1 atom stereocenters. The molecule has 4 aromatic rings. The molecule has 12 nitrogen and oxygen atoms in total. The Morgan fingerprint density at radius 2 is 1.93 bits per heavy atom. The van der Waals surface area contributed by atoms with Crippen LogP contribution in [0.15, 0.2) is 49.1 Å². The second-order valence-electron chi connectivity index (χ2n) is 11.6. The minimum atomic E-state index is -2.94. The summed E-state index contributed by atoms with van der Waals surface area (Å²) in [5.74, 6) is 3.51. The molecule has 42 heavy (non-hydrogen) atoms. The molecule has 1 N–H and O–H groups in total. The monoisotopic (exact) mass is 590 g/mol. The van der Waals surface area contributed by atoms with Gasteiger partial charge in [0.2, 0.25) is 11.9 Å². The van der Waals surface area contributed by atoms with Gasteiger partial charge in [0.05, 0.1) is 41.8 Å². The lowest BCUT2D eigenvalue weighted by atomic mass is 9.85. The number of sulfone groups is 1. The Hall–Kier alpha value is -4.00. The maximum Gasteiger partial charge on any atom is 0.226 e. The van der Waals surface area contributed by atoms with E-state index in [0.29, 0.717) is 37.1 Å². The number of rotatable bonds is 7. The quantitative estimate of drug-likeness (QED) is 0.344. The number of fused-ring (bicyclic) bond motifs is 2. The highest BCUT2D eigenvalue weighted by Crippen LogP contribution is 2.30. The Morgan fingerprint density at radius 1 is 1.05 bits per heavy atom. The first kappa shape index (κ1) is 26.9. The molecule has 2 aliphatic heterocycles. The van der Waals surface area contributed by atoms with Crippen LogP contribution in [-0.4, -0.2) is 79.2 Å². The normalized spacial score (nSPS) is 23.5. The third-order valence-electron chi connectivity index (χ3n) is 8.70. The van der Waals surface area contributed by atoms with Crippen molar-refractivity contribution in [3.05, 3.63) is 54.9 Å². The summed E-state index contributed by atoms with van der Waals surface area (Å²) in [4.78, 5) is 28.7. The van der Waals surface area contributed by atoms with Crippen LogP contribution in [0.2, 0.25) is 0 Å². The van der Waals surface area contributed by atoms with Crippen LogP contribution in [0.5, 0.6) is 5.75 Å². The second-order valence-corrected chi connectivity index (χ2v) is 13.8. The number of ether oxygens (including phenoxy) is 1. The fourth-order valence-corrected chi connectivity index (χ4v) is 8.21. The van der Waals surface area contributed by atoms with Crippen molar-refractivity contribution in [3.8, 4) is 11.6 Å². The average molecular weight is 591 g/mol. The number of amides is 1. The van der Waals surface area contributed by atoms with Crippen LogP contribution in [0, 0.1) is 11.8 Å². The maximum atomic E-state index is 13.2. The van der Waals surface area contributed by atoms with E-state index in [1.54, 1.807) is 23.3 Å². The summed E-state index contributed by atoms with van der Waals surface area (Å²) in [6.07, 6.45) is 11.3. The highest BCUT2D eigenvalue weighted by atomic mass is 32.2. The van der Waals surface area contributed by atoms with Crippen LogP contribution in [0.3, 0.4) is 0 Å². The van der Waals surface area contributed by atoms with Gasteiger partial charge in [0.25, 0.3) is 0 Å². The molecule has 3 aliphatic rings. The molecular weight excluding hydrogens is 556 g/mol. The van der Waals surface area contributed by atoms with Crippen molar-refractivity contribution in [1.29, 1.82) is 0 Å². The molecule has 0 bridgehead atoms. The van der Waals surface area contributed by atoms with Gasteiger partial charge in [-0.1, -0.05) is 6.07 Å². The molecule has 1 aliphatic carbocycles. The number of hydrogen-bond acceptors (Lipinski definition) is 9. The minimum absolute atomic E-state index is 0.0131. The molecular formula is C29H34N8O4S. The zero-order chi connectivity index (χ0) is 28.7. The number of carbonyl (C=O) groups is 1. The predicted molar refractivity (Wildman–Crippen MR) is 156 cm³/mol. The van der Waals surface area contributed by atoms with Gasteiger partial charge in [-0.05, 0) is 44.2 Å². The van der Waals surface area contributed by atoms with Gasteiger partial charge in [0, 0.05) is 55.6 Å². The Labute approximate surface area is 244 Å². The van der Waals surface area contributed by atoms with Crippen molar-refractivity contribution in [2.24, 2.45) is 11.8 Å². The van der Waals surface area contributed by atoms with E-state index in [4.69, 9.17) is 9.72 Å². The van der Waals surface area contributed by atoms with Crippen LogP contribution in [0.1, 0.15) is 37.9 Å². The first-order valence-electron chi connectivity index (χ1n) is 14.6. The molecule has 1 aromatic carbocycles. The highest BCUT2D eigenvalue weighted by Gasteiger charge is 2.32. The summed E-state index contributed by atoms with van der Waals surface area (Å²) < 4.78 is 33.5. The predicted octanol–water partition coefficient (Wildman–Crippen LogP) is 2.84. The standard InChI is InChI=1S/C29H34N8O4S/c38-28(36-14-13-35-12-11-30-27(35)17-36)21-4-6-22(7-5-21)33-29-31-10-8-26(34-29)37-24-2-1-3-25(23(24)16-32-37)41-18-20-9-15-42(39,40)19-20/h1-3,8,10-12,16,20-22H,4-7,9,13-15,17-19H2,(H,31,33,34)/t20?,21-,22-. The molecule has 3 aromatic heterocycles. The molecule has 0 radical (unpaired) electrons. The molecule has 1 amide bonds. The SMILES string of the molecule is O=C([C@H]1CC[C@H](Nc2nccc(-n3ncc4c(OCC5CCS(=O)(=O)C5)cccc43)n2)CC1)N1CCn2ccnc2C1. The van der Waals surface area contributed by atoms with Gasteiger partial charge in [-0.2, -0.15) is 10.1 Å². The Balaban J connectivity index is 0.977. The largest absolute Gasteiger partial charge is 0.493 e. The lowest BCUT2D eigenvalue weighted by molar-refractivity contribution is -0.138. The summed E-state index contributed by atoms with van der Waals surface area (Å²) >= 11 is 0. The Kier molecular flexibility index (Phi) is 7.04. The lowest BCUT2D eigenvalue weighted by Crippen LogP contribution is -2.43. The number of anilines is 1.